The number of aryl methyl sites for hydroxylation is 1. The average Bonchev–Trinajstić information content (AvgIpc) is 3.33. The molecule has 7 nitrogen and oxygen atoms in total. The number of alkyl halides is 3. The normalized spacial score (nSPS) is 12.1. The Bertz CT molecular complexity index is 1390. The van der Waals surface area contributed by atoms with Crippen LogP contribution in [0.15, 0.2) is 79.3 Å². The Hall–Kier alpha value is -4.49. The molecule has 0 aliphatic rings. The van der Waals surface area contributed by atoms with E-state index in [0.29, 0.717) is 29.9 Å². The van der Waals surface area contributed by atoms with E-state index in [1.165, 1.54) is 12.1 Å². The number of nitrogens with one attached hydrogen (secondary N) is 2. The van der Waals surface area contributed by atoms with Crippen LogP contribution in [0.4, 0.5) is 19.0 Å². The molecule has 4 rings (SSSR count). The molecule has 4 aromatic rings. The van der Waals surface area contributed by atoms with Gasteiger partial charge in [-0.2, -0.15) is 23.5 Å². The molecule has 0 unspecified atom stereocenters. The molecule has 2 aromatic heterocycles. The molecule has 188 valence electrons. The fraction of sp³-hybridized carbons (Fsp3) is 0.185. The van der Waals surface area contributed by atoms with Gasteiger partial charge in [-0.25, -0.2) is 4.98 Å². The van der Waals surface area contributed by atoms with Crippen LogP contribution in [0.2, 0.25) is 0 Å². The minimum absolute atomic E-state index is 0.309. The maximum absolute atomic E-state index is 13.2. The molecule has 10 heteroatoms. The number of anilines is 1. The molecule has 0 fully saturated rings. The number of hydrogen-bond donors (Lipinski definition) is 2. The zero-order valence-corrected chi connectivity index (χ0v) is 19.8. The third kappa shape index (κ3) is 6.59. The highest BCUT2D eigenvalue weighted by molar-refractivity contribution is 5.95. The maximum atomic E-state index is 13.2. The molecule has 0 aliphatic heterocycles. The first-order valence-electron chi connectivity index (χ1n) is 11.4. The van der Waals surface area contributed by atoms with E-state index < -0.39 is 23.7 Å². The standard InChI is InChI=1S/C27H23F3N6O/c1-36-17-22(16-34-36)21-8-11-24(33-15-21)35-26(37)25(20-6-9-23(10-7-20)27(28,29)30)32-13-12-18-2-4-19(14-31)5-3-18/h2-11,15-17,25,32H,12-13H2,1H3,(H,33,35,37)/t25-/m0/s1. The van der Waals surface area contributed by atoms with E-state index in [9.17, 15) is 18.0 Å². The van der Waals surface area contributed by atoms with E-state index >= 15 is 0 Å². The minimum atomic E-state index is -4.47. The highest BCUT2D eigenvalue weighted by Gasteiger charge is 2.31. The van der Waals surface area contributed by atoms with Crippen molar-refractivity contribution in [3.63, 3.8) is 0 Å². The Balaban J connectivity index is 1.49. The molecular formula is C27H23F3N6O. The van der Waals surface area contributed by atoms with Gasteiger partial charge in [0.15, 0.2) is 0 Å². The first kappa shape index (κ1) is 25.6. The zero-order valence-electron chi connectivity index (χ0n) is 19.8. The molecule has 0 spiro atoms. The van der Waals surface area contributed by atoms with Crippen molar-refractivity contribution in [3.8, 4) is 17.2 Å². The Morgan fingerprint density at radius 2 is 1.76 bits per heavy atom. The van der Waals surface area contributed by atoms with E-state index in [1.807, 2.05) is 18.3 Å². The number of aromatic nitrogens is 3. The quantitative estimate of drug-likeness (QED) is 0.357. The van der Waals surface area contributed by atoms with Gasteiger partial charge >= 0.3 is 6.18 Å². The maximum Gasteiger partial charge on any atom is 0.416 e. The van der Waals surface area contributed by atoms with Crippen molar-refractivity contribution >= 4 is 11.7 Å². The lowest BCUT2D eigenvalue weighted by Gasteiger charge is -2.19. The van der Waals surface area contributed by atoms with E-state index in [4.69, 9.17) is 5.26 Å². The summed E-state index contributed by atoms with van der Waals surface area (Å²) >= 11 is 0. The SMILES string of the molecule is Cn1cc(-c2ccc(NC(=O)[C@@H](NCCc3ccc(C#N)cc3)c3ccc(C(F)(F)F)cc3)nc2)cn1. The predicted octanol–water partition coefficient (Wildman–Crippen LogP) is 4.88. The van der Waals surface area contributed by atoms with Crippen LogP contribution < -0.4 is 10.6 Å². The monoisotopic (exact) mass is 504 g/mol. The number of halogens is 3. The highest BCUT2D eigenvalue weighted by atomic mass is 19.4. The van der Waals surface area contributed by atoms with Gasteiger partial charge in [0.05, 0.1) is 23.4 Å². The molecule has 1 atom stereocenters. The van der Waals surface area contributed by atoms with Crippen LogP contribution >= 0.6 is 0 Å². The number of nitriles is 1. The minimum Gasteiger partial charge on any atom is -0.309 e. The van der Waals surface area contributed by atoms with Crippen LogP contribution in [0.1, 0.15) is 28.3 Å². The fourth-order valence-electron chi connectivity index (χ4n) is 3.74. The van der Waals surface area contributed by atoms with Crippen LogP contribution in [0, 0.1) is 11.3 Å². The van der Waals surface area contributed by atoms with Gasteiger partial charge in [-0.1, -0.05) is 24.3 Å². The summed E-state index contributed by atoms with van der Waals surface area (Å²) in [6, 6.07) is 16.1. The van der Waals surface area contributed by atoms with Crippen molar-refractivity contribution in [2.24, 2.45) is 7.05 Å². The number of carbonyl (C=O) groups excluding carboxylic acids is 1. The van der Waals surface area contributed by atoms with Crippen molar-refractivity contribution < 1.29 is 18.0 Å². The van der Waals surface area contributed by atoms with Gasteiger partial charge in [0.2, 0.25) is 5.91 Å². The number of carbonyl (C=O) groups is 1. The van der Waals surface area contributed by atoms with E-state index in [-0.39, 0.29) is 0 Å². The first-order valence-corrected chi connectivity index (χ1v) is 11.4. The molecule has 37 heavy (non-hydrogen) atoms. The Kier molecular flexibility index (Phi) is 7.65. The molecule has 0 radical (unpaired) electrons. The van der Waals surface area contributed by atoms with Gasteiger partial charge < -0.3 is 10.6 Å². The van der Waals surface area contributed by atoms with E-state index in [1.54, 1.807) is 48.4 Å². The first-order chi connectivity index (χ1) is 17.7. The largest absolute Gasteiger partial charge is 0.416 e. The smallest absolute Gasteiger partial charge is 0.309 e. The van der Waals surface area contributed by atoms with Crippen LogP contribution in [0.5, 0.6) is 0 Å². The molecule has 2 aromatic carbocycles. The van der Waals surface area contributed by atoms with Crippen molar-refractivity contribution in [3.05, 3.63) is 102 Å². The second kappa shape index (κ2) is 11.1. The number of pyridine rings is 1. The predicted molar refractivity (Wildman–Crippen MR) is 132 cm³/mol. The average molecular weight is 505 g/mol. The molecule has 0 saturated carbocycles. The lowest BCUT2D eigenvalue weighted by atomic mass is 10.0. The fourth-order valence-corrected chi connectivity index (χ4v) is 3.74. The van der Waals surface area contributed by atoms with Gasteiger partial charge in [-0.15, -0.1) is 0 Å². The summed E-state index contributed by atoms with van der Waals surface area (Å²) in [7, 11) is 1.81. The Labute approximate surface area is 211 Å². The van der Waals surface area contributed by atoms with Crippen molar-refractivity contribution in [2.75, 3.05) is 11.9 Å². The lowest BCUT2D eigenvalue weighted by molar-refractivity contribution is -0.137. The van der Waals surface area contributed by atoms with Crippen molar-refractivity contribution in [1.82, 2.24) is 20.1 Å². The van der Waals surface area contributed by atoms with Crippen molar-refractivity contribution in [1.29, 1.82) is 5.26 Å². The van der Waals surface area contributed by atoms with Crippen LogP contribution in [0.25, 0.3) is 11.1 Å². The molecule has 0 bridgehead atoms. The highest BCUT2D eigenvalue weighted by Crippen LogP contribution is 2.30. The van der Waals surface area contributed by atoms with E-state index in [2.05, 4.69) is 26.8 Å². The van der Waals surface area contributed by atoms with Crippen molar-refractivity contribution in [2.45, 2.75) is 18.6 Å². The molecule has 2 N–H and O–H groups in total. The van der Waals surface area contributed by atoms with Gasteiger partial charge in [-0.3, -0.25) is 9.48 Å². The third-order valence-corrected chi connectivity index (χ3v) is 5.73. The van der Waals surface area contributed by atoms with E-state index in [0.717, 1.165) is 28.8 Å². The zero-order chi connectivity index (χ0) is 26.4. The molecule has 0 aliphatic carbocycles. The van der Waals surface area contributed by atoms with Gasteiger partial charge in [-0.05, 0) is 53.9 Å². The summed E-state index contributed by atoms with van der Waals surface area (Å²) in [6.45, 7) is 0.373. The van der Waals surface area contributed by atoms with Gasteiger partial charge in [0.1, 0.15) is 11.9 Å². The number of rotatable bonds is 8. The van der Waals surface area contributed by atoms with Crippen LogP contribution in [-0.4, -0.2) is 27.2 Å². The second-order valence-corrected chi connectivity index (χ2v) is 8.39. The number of nitrogens with zero attached hydrogens (tertiary/aromatic N) is 4. The van der Waals surface area contributed by atoms with Gasteiger partial charge in [0, 0.05) is 37.1 Å². The van der Waals surface area contributed by atoms with Crippen LogP contribution in [0.3, 0.4) is 0 Å². The number of benzene rings is 2. The summed E-state index contributed by atoms with van der Waals surface area (Å²) in [5.74, 6) is -0.148. The van der Waals surface area contributed by atoms with Crippen LogP contribution in [-0.2, 0) is 24.4 Å². The summed E-state index contributed by atoms with van der Waals surface area (Å²) in [5.41, 5.74) is 2.79. The number of amides is 1. The molecule has 2 heterocycles. The Morgan fingerprint density at radius 1 is 1.03 bits per heavy atom. The molecule has 1 amide bonds. The summed E-state index contributed by atoms with van der Waals surface area (Å²) < 4.78 is 40.8. The Morgan fingerprint density at radius 3 is 2.32 bits per heavy atom. The van der Waals surface area contributed by atoms with Gasteiger partial charge in [0.25, 0.3) is 0 Å². The summed E-state index contributed by atoms with van der Waals surface area (Å²) in [4.78, 5) is 17.5. The number of hydrogen-bond acceptors (Lipinski definition) is 5. The second-order valence-electron chi connectivity index (χ2n) is 8.39. The summed E-state index contributed by atoms with van der Waals surface area (Å²) in [6.07, 6.45) is 1.23. The molecular weight excluding hydrogens is 481 g/mol. The topological polar surface area (TPSA) is 95.6 Å². The summed E-state index contributed by atoms with van der Waals surface area (Å²) in [5, 5.41) is 18.9. The lowest BCUT2D eigenvalue weighted by Crippen LogP contribution is -2.34. The molecule has 0 saturated heterocycles. The third-order valence-electron chi connectivity index (χ3n) is 5.73.